The molecular formula is C19H17ClFNO4. The number of nitrogens with one attached hydrogen (secondary N) is 1. The molecule has 136 valence electrons. The van der Waals surface area contributed by atoms with Crippen molar-refractivity contribution in [2.75, 3.05) is 6.61 Å². The summed E-state index contributed by atoms with van der Waals surface area (Å²) in [5.41, 5.74) is 1.36. The number of hydrogen-bond acceptors (Lipinski definition) is 3. The fourth-order valence-electron chi connectivity index (χ4n) is 2.94. The number of hydrogen-bond donors (Lipinski definition) is 2. The van der Waals surface area contributed by atoms with E-state index in [-0.39, 0.29) is 18.9 Å². The van der Waals surface area contributed by atoms with E-state index in [1.807, 2.05) is 0 Å². The minimum absolute atomic E-state index is 0.198. The largest absolute Gasteiger partial charge is 0.492 e. The summed E-state index contributed by atoms with van der Waals surface area (Å²) in [5.74, 6) is -1.57. The second-order valence-corrected chi connectivity index (χ2v) is 6.61. The quantitative estimate of drug-likeness (QED) is 0.837. The molecule has 0 bridgehead atoms. The van der Waals surface area contributed by atoms with Crippen LogP contribution in [0.5, 0.6) is 5.75 Å². The number of aliphatic carboxylic acids is 1. The van der Waals surface area contributed by atoms with E-state index in [4.69, 9.17) is 21.4 Å². The summed E-state index contributed by atoms with van der Waals surface area (Å²) in [6.45, 7) is 0.198. The highest BCUT2D eigenvalue weighted by atomic mass is 35.5. The number of carbonyl (C=O) groups excluding carboxylic acids is 1. The molecule has 1 heterocycles. The molecule has 0 saturated heterocycles. The number of benzene rings is 2. The Morgan fingerprint density at radius 1 is 1.27 bits per heavy atom. The van der Waals surface area contributed by atoms with Crippen LogP contribution in [0.1, 0.15) is 23.6 Å². The average molecular weight is 378 g/mol. The molecule has 0 spiro atoms. The predicted molar refractivity (Wildman–Crippen MR) is 93.7 cm³/mol. The normalized spacial score (nSPS) is 16.9. The SMILES string of the molecule is O=C(O)C[C@@H](NC(=O)[C@@H]1COc2ccc(Cl)cc2C1)c1ccc(F)cc1. The van der Waals surface area contributed by atoms with Crippen molar-refractivity contribution in [2.24, 2.45) is 5.92 Å². The van der Waals surface area contributed by atoms with Gasteiger partial charge in [0, 0.05) is 5.02 Å². The van der Waals surface area contributed by atoms with Gasteiger partial charge in [0.15, 0.2) is 0 Å². The van der Waals surface area contributed by atoms with Gasteiger partial charge in [0.25, 0.3) is 0 Å². The first kappa shape index (κ1) is 18.2. The van der Waals surface area contributed by atoms with Gasteiger partial charge in [0.2, 0.25) is 5.91 Å². The highest BCUT2D eigenvalue weighted by Gasteiger charge is 2.28. The zero-order chi connectivity index (χ0) is 18.7. The van der Waals surface area contributed by atoms with Crippen LogP contribution in [0.4, 0.5) is 4.39 Å². The van der Waals surface area contributed by atoms with Crippen LogP contribution in [0.2, 0.25) is 5.02 Å². The summed E-state index contributed by atoms with van der Waals surface area (Å²) in [7, 11) is 0. The Kier molecular flexibility index (Phi) is 5.42. The fourth-order valence-corrected chi connectivity index (χ4v) is 3.14. The Hall–Kier alpha value is -2.60. The molecule has 1 aliphatic heterocycles. The molecule has 3 rings (SSSR count). The summed E-state index contributed by atoms with van der Waals surface area (Å²) < 4.78 is 18.7. The number of halogens is 2. The highest BCUT2D eigenvalue weighted by molar-refractivity contribution is 6.30. The average Bonchev–Trinajstić information content (AvgIpc) is 2.60. The maximum Gasteiger partial charge on any atom is 0.305 e. The van der Waals surface area contributed by atoms with Crippen LogP contribution in [-0.4, -0.2) is 23.6 Å². The molecule has 1 amide bonds. The Bertz CT molecular complexity index is 825. The monoisotopic (exact) mass is 377 g/mol. The van der Waals surface area contributed by atoms with Crippen LogP contribution >= 0.6 is 11.6 Å². The standard InChI is InChI=1S/C19H17ClFNO4/c20-14-3-6-17-12(8-14)7-13(10-26-17)19(25)22-16(9-18(23)24)11-1-4-15(21)5-2-11/h1-6,8,13,16H,7,9-10H2,(H,22,25)(H,23,24)/t13-,16+/m0/s1. The molecule has 5 nitrogen and oxygen atoms in total. The maximum atomic E-state index is 13.1. The third-order valence-electron chi connectivity index (χ3n) is 4.27. The van der Waals surface area contributed by atoms with Crippen LogP contribution < -0.4 is 10.1 Å². The summed E-state index contributed by atoms with van der Waals surface area (Å²) in [5, 5.41) is 12.4. The third-order valence-corrected chi connectivity index (χ3v) is 4.50. The summed E-state index contributed by atoms with van der Waals surface area (Å²) in [4.78, 5) is 23.8. The van der Waals surface area contributed by atoms with E-state index >= 15 is 0 Å². The van der Waals surface area contributed by atoms with Crippen molar-refractivity contribution in [3.63, 3.8) is 0 Å². The maximum absolute atomic E-state index is 13.1. The zero-order valence-corrected chi connectivity index (χ0v) is 14.5. The smallest absolute Gasteiger partial charge is 0.305 e. The van der Waals surface area contributed by atoms with Gasteiger partial charge in [-0.05, 0) is 47.9 Å². The van der Waals surface area contributed by atoms with Gasteiger partial charge < -0.3 is 15.2 Å². The van der Waals surface area contributed by atoms with Crippen molar-refractivity contribution in [2.45, 2.75) is 18.9 Å². The molecule has 0 radical (unpaired) electrons. The Labute approximate surface area is 154 Å². The molecule has 26 heavy (non-hydrogen) atoms. The van der Waals surface area contributed by atoms with Crippen molar-refractivity contribution in [1.82, 2.24) is 5.32 Å². The van der Waals surface area contributed by atoms with Crippen molar-refractivity contribution < 1.29 is 23.8 Å². The number of carboxylic acid groups (broad SMARTS) is 1. The molecular weight excluding hydrogens is 361 g/mol. The molecule has 2 atom stereocenters. The van der Waals surface area contributed by atoms with Crippen LogP contribution in [0.3, 0.4) is 0 Å². The molecule has 0 aliphatic carbocycles. The van der Waals surface area contributed by atoms with Gasteiger partial charge in [-0.1, -0.05) is 23.7 Å². The number of rotatable bonds is 5. The van der Waals surface area contributed by atoms with Crippen LogP contribution in [0, 0.1) is 11.7 Å². The molecule has 7 heteroatoms. The molecule has 0 fully saturated rings. The molecule has 0 aromatic heterocycles. The van der Waals surface area contributed by atoms with Crippen molar-refractivity contribution in [3.8, 4) is 5.75 Å². The van der Waals surface area contributed by atoms with Crippen LogP contribution in [0.15, 0.2) is 42.5 Å². The van der Waals surface area contributed by atoms with E-state index < -0.39 is 23.7 Å². The van der Waals surface area contributed by atoms with E-state index in [1.165, 1.54) is 24.3 Å². The number of carboxylic acids is 1. The van der Waals surface area contributed by atoms with Crippen LogP contribution in [-0.2, 0) is 16.0 Å². The van der Waals surface area contributed by atoms with E-state index in [9.17, 15) is 14.0 Å². The molecule has 2 N–H and O–H groups in total. The summed E-state index contributed by atoms with van der Waals surface area (Å²) in [6.07, 6.45) is 0.151. The Morgan fingerprint density at radius 2 is 2.00 bits per heavy atom. The minimum atomic E-state index is -1.06. The van der Waals surface area contributed by atoms with E-state index in [0.717, 1.165) is 5.56 Å². The van der Waals surface area contributed by atoms with Gasteiger partial charge in [0.05, 0.1) is 18.4 Å². The van der Waals surface area contributed by atoms with E-state index in [2.05, 4.69) is 5.32 Å². The predicted octanol–water partition coefficient (Wildman–Crippen LogP) is 3.36. The first-order chi connectivity index (χ1) is 12.4. The molecule has 2 aromatic carbocycles. The number of amides is 1. The van der Waals surface area contributed by atoms with Gasteiger partial charge in [0.1, 0.15) is 18.2 Å². The molecule has 1 aliphatic rings. The minimum Gasteiger partial charge on any atom is -0.492 e. The number of carbonyl (C=O) groups is 2. The molecule has 2 aromatic rings. The van der Waals surface area contributed by atoms with Crippen molar-refractivity contribution in [1.29, 1.82) is 0 Å². The lowest BCUT2D eigenvalue weighted by atomic mass is 9.95. The molecule has 0 saturated carbocycles. The Morgan fingerprint density at radius 3 is 2.69 bits per heavy atom. The highest BCUT2D eigenvalue weighted by Crippen LogP contribution is 2.30. The fraction of sp³-hybridized carbons (Fsp3) is 0.263. The lowest BCUT2D eigenvalue weighted by molar-refractivity contribution is -0.138. The second-order valence-electron chi connectivity index (χ2n) is 6.17. The second kappa shape index (κ2) is 7.74. The van der Waals surface area contributed by atoms with Gasteiger partial charge in [-0.25, -0.2) is 4.39 Å². The van der Waals surface area contributed by atoms with Gasteiger partial charge in [-0.15, -0.1) is 0 Å². The molecule has 0 unspecified atom stereocenters. The van der Waals surface area contributed by atoms with Crippen molar-refractivity contribution >= 4 is 23.5 Å². The van der Waals surface area contributed by atoms with Gasteiger partial charge in [-0.2, -0.15) is 0 Å². The first-order valence-corrected chi connectivity index (χ1v) is 8.49. The zero-order valence-electron chi connectivity index (χ0n) is 13.7. The van der Waals surface area contributed by atoms with Crippen LogP contribution in [0.25, 0.3) is 0 Å². The number of fused-ring (bicyclic) bond motifs is 1. The van der Waals surface area contributed by atoms with Crippen molar-refractivity contribution in [3.05, 3.63) is 64.4 Å². The third kappa shape index (κ3) is 4.32. The lowest BCUT2D eigenvalue weighted by Crippen LogP contribution is -2.39. The first-order valence-electron chi connectivity index (χ1n) is 8.11. The topological polar surface area (TPSA) is 75.6 Å². The summed E-state index contributed by atoms with van der Waals surface area (Å²) >= 11 is 5.99. The summed E-state index contributed by atoms with van der Waals surface area (Å²) in [6, 6.07) is 9.89. The van der Waals surface area contributed by atoms with E-state index in [1.54, 1.807) is 18.2 Å². The lowest BCUT2D eigenvalue weighted by Gasteiger charge is -2.27. The van der Waals surface area contributed by atoms with E-state index in [0.29, 0.717) is 22.8 Å². The number of ether oxygens (including phenoxy) is 1. The Balaban J connectivity index is 1.73. The van der Waals surface area contributed by atoms with Gasteiger partial charge in [-0.3, -0.25) is 9.59 Å². The van der Waals surface area contributed by atoms with Gasteiger partial charge >= 0.3 is 5.97 Å².